The summed E-state index contributed by atoms with van der Waals surface area (Å²) >= 11 is 0. The van der Waals surface area contributed by atoms with Crippen molar-refractivity contribution in [2.45, 2.75) is 25.7 Å². The molecule has 0 aliphatic heterocycles. The van der Waals surface area contributed by atoms with Gasteiger partial charge in [0.15, 0.2) is 0 Å². The highest BCUT2D eigenvalue weighted by atomic mass is 14.3. The third kappa shape index (κ3) is 2.37. The van der Waals surface area contributed by atoms with Gasteiger partial charge in [0, 0.05) is 0 Å². The third-order valence-electron chi connectivity index (χ3n) is 2.40. The van der Waals surface area contributed by atoms with Crippen molar-refractivity contribution in [2.75, 3.05) is 0 Å². The fourth-order valence-corrected chi connectivity index (χ4v) is 1.46. The molecular weight excluding hydrogens is 144 g/mol. The van der Waals surface area contributed by atoms with Crippen LogP contribution in [0.25, 0.3) is 0 Å². The predicted molar refractivity (Wildman–Crippen MR) is 51.8 cm³/mol. The van der Waals surface area contributed by atoms with Gasteiger partial charge in [-0.3, -0.25) is 0 Å². The zero-order valence-electron chi connectivity index (χ0n) is 7.37. The van der Waals surface area contributed by atoms with Crippen LogP contribution in [0.3, 0.4) is 0 Å². The molecule has 63 valence electrons. The predicted octanol–water partition coefficient (Wildman–Crippen LogP) is 3.23. The zero-order valence-corrected chi connectivity index (χ0v) is 7.37. The van der Waals surface area contributed by atoms with Gasteiger partial charge in [0.25, 0.3) is 0 Å². The summed E-state index contributed by atoms with van der Waals surface area (Å²) in [6.45, 7) is 0. The van der Waals surface area contributed by atoms with E-state index >= 15 is 0 Å². The topological polar surface area (TPSA) is 0 Å². The van der Waals surface area contributed by atoms with Crippen molar-refractivity contribution in [2.24, 2.45) is 5.92 Å². The van der Waals surface area contributed by atoms with E-state index in [1.54, 1.807) is 0 Å². The van der Waals surface area contributed by atoms with Gasteiger partial charge >= 0.3 is 0 Å². The summed E-state index contributed by atoms with van der Waals surface area (Å²) in [5.41, 5.74) is 1.47. The van der Waals surface area contributed by atoms with Gasteiger partial charge in [0.2, 0.25) is 0 Å². The molecule has 0 nitrogen and oxygen atoms in total. The quantitative estimate of drug-likeness (QED) is 0.632. The van der Waals surface area contributed by atoms with E-state index < -0.39 is 0 Å². The molecule has 1 radical (unpaired) electrons. The highest BCUT2D eigenvalue weighted by molar-refractivity contribution is 5.15. The Bertz CT molecular complexity index is 221. The maximum atomic E-state index is 2.48. The summed E-state index contributed by atoms with van der Waals surface area (Å²) in [5, 5.41) is 0. The van der Waals surface area contributed by atoms with Gasteiger partial charge in [0.05, 0.1) is 0 Å². The first kappa shape index (κ1) is 7.85. The molecule has 1 aromatic carbocycles. The summed E-state index contributed by atoms with van der Waals surface area (Å²) in [7, 11) is 0. The lowest BCUT2D eigenvalue weighted by Crippen LogP contribution is -1.86. The Morgan fingerprint density at radius 2 is 1.92 bits per heavy atom. The van der Waals surface area contributed by atoms with E-state index in [9.17, 15) is 0 Å². The largest absolute Gasteiger partial charge is 0.0622 e. The van der Waals surface area contributed by atoms with Crippen LogP contribution < -0.4 is 0 Å². The average Bonchev–Trinajstić information content (AvgIpc) is 2.90. The minimum Gasteiger partial charge on any atom is -0.0622 e. The van der Waals surface area contributed by atoms with E-state index in [1.165, 1.54) is 31.2 Å². The lowest BCUT2D eigenvalue weighted by atomic mass is 10.1. The minimum atomic E-state index is 0.966. The van der Waals surface area contributed by atoms with Gasteiger partial charge in [-0.2, -0.15) is 0 Å². The second kappa shape index (κ2) is 3.75. The zero-order chi connectivity index (χ0) is 8.23. The van der Waals surface area contributed by atoms with Gasteiger partial charge in [-0.1, -0.05) is 30.3 Å². The Morgan fingerprint density at radius 1 is 1.17 bits per heavy atom. The number of benzene rings is 1. The highest BCUT2D eigenvalue weighted by Gasteiger charge is 2.20. The first-order chi connectivity index (χ1) is 5.95. The van der Waals surface area contributed by atoms with Gasteiger partial charge in [-0.05, 0) is 43.6 Å². The molecule has 0 amide bonds. The van der Waals surface area contributed by atoms with Crippen LogP contribution in [-0.2, 0) is 6.42 Å². The lowest BCUT2D eigenvalue weighted by Gasteiger charge is -1.98. The standard InChI is InChI=1S/C12H15/c1-2-5-11(6-3-1)7-4-8-12-9-10-12/h1-3,5-6,8,12H,4,7,9-10H2. The Balaban J connectivity index is 1.72. The van der Waals surface area contributed by atoms with Crippen molar-refractivity contribution in [3.05, 3.63) is 42.3 Å². The molecule has 12 heavy (non-hydrogen) atoms. The molecule has 2 rings (SSSR count). The van der Waals surface area contributed by atoms with Crippen LogP contribution in [0.4, 0.5) is 0 Å². The minimum absolute atomic E-state index is 0.966. The van der Waals surface area contributed by atoms with E-state index in [2.05, 4.69) is 36.8 Å². The summed E-state index contributed by atoms with van der Waals surface area (Å²) < 4.78 is 0. The molecule has 1 aliphatic rings. The van der Waals surface area contributed by atoms with E-state index in [0.717, 1.165) is 5.92 Å². The van der Waals surface area contributed by atoms with Gasteiger partial charge < -0.3 is 0 Å². The molecule has 0 spiro atoms. The first-order valence-electron chi connectivity index (χ1n) is 4.82. The molecule has 0 heterocycles. The molecule has 1 saturated carbocycles. The van der Waals surface area contributed by atoms with Crippen molar-refractivity contribution in [3.63, 3.8) is 0 Å². The van der Waals surface area contributed by atoms with Gasteiger partial charge in [-0.25, -0.2) is 0 Å². The monoisotopic (exact) mass is 159 g/mol. The maximum Gasteiger partial charge on any atom is -0.0276 e. The first-order valence-corrected chi connectivity index (χ1v) is 4.82. The Kier molecular flexibility index (Phi) is 2.45. The normalized spacial score (nSPS) is 16.3. The summed E-state index contributed by atoms with van der Waals surface area (Å²) in [4.78, 5) is 0. The van der Waals surface area contributed by atoms with Crippen LogP contribution in [0, 0.1) is 12.3 Å². The molecule has 1 fully saturated rings. The average molecular weight is 159 g/mol. The van der Waals surface area contributed by atoms with E-state index in [0.29, 0.717) is 0 Å². The Labute approximate surface area is 74.6 Å². The number of aryl methyl sites for hydroxylation is 1. The van der Waals surface area contributed by atoms with Crippen LogP contribution >= 0.6 is 0 Å². The fraction of sp³-hybridized carbons (Fsp3) is 0.417. The van der Waals surface area contributed by atoms with E-state index in [-0.39, 0.29) is 0 Å². The Hall–Kier alpha value is -0.780. The van der Waals surface area contributed by atoms with Crippen LogP contribution in [0.15, 0.2) is 30.3 Å². The lowest BCUT2D eigenvalue weighted by molar-refractivity contribution is 0.835. The van der Waals surface area contributed by atoms with Crippen LogP contribution in [0.2, 0.25) is 0 Å². The van der Waals surface area contributed by atoms with Crippen molar-refractivity contribution >= 4 is 0 Å². The highest BCUT2D eigenvalue weighted by Crippen LogP contribution is 2.32. The molecule has 0 aromatic heterocycles. The Morgan fingerprint density at radius 3 is 2.58 bits per heavy atom. The van der Waals surface area contributed by atoms with E-state index in [1.807, 2.05) is 0 Å². The van der Waals surface area contributed by atoms with Crippen LogP contribution in [0.5, 0.6) is 0 Å². The van der Waals surface area contributed by atoms with E-state index in [4.69, 9.17) is 0 Å². The maximum absolute atomic E-state index is 2.48. The summed E-state index contributed by atoms with van der Waals surface area (Å²) in [5.74, 6) is 0.966. The van der Waals surface area contributed by atoms with Crippen LogP contribution in [0.1, 0.15) is 24.8 Å². The van der Waals surface area contributed by atoms with Gasteiger partial charge in [0.1, 0.15) is 0 Å². The molecular formula is C12H15. The summed E-state index contributed by atoms with van der Waals surface area (Å²) in [6.07, 6.45) is 7.84. The molecule has 1 aliphatic carbocycles. The number of hydrogen-bond donors (Lipinski definition) is 0. The molecule has 0 bridgehead atoms. The second-order valence-electron chi connectivity index (χ2n) is 3.60. The van der Waals surface area contributed by atoms with Crippen LogP contribution in [-0.4, -0.2) is 0 Å². The molecule has 0 heteroatoms. The molecule has 0 N–H and O–H groups in total. The number of rotatable bonds is 4. The number of hydrogen-bond acceptors (Lipinski definition) is 0. The molecule has 0 unspecified atom stereocenters. The SMILES string of the molecule is [CH](CCc1ccccc1)C1CC1. The summed E-state index contributed by atoms with van der Waals surface area (Å²) in [6, 6.07) is 10.7. The van der Waals surface area contributed by atoms with Gasteiger partial charge in [-0.15, -0.1) is 0 Å². The molecule has 1 aromatic rings. The van der Waals surface area contributed by atoms with Crippen molar-refractivity contribution < 1.29 is 0 Å². The van der Waals surface area contributed by atoms with Crippen molar-refractivity contribution in [1.29, 1.82) is 0 Å². The molecule has 0 atom stereocenters. The second-order valence-corrected chi connectivity index (χ2v) is 3.60. The fourth-order valence-electron chi connectivity index (χ4n) is 1.46. The third-order valence-corrected chi connectivity index (χ3v) is 2.40. The smallest absolute Gasteiger partial charge is 0.0276 e. The molecule has 0 saturated heterocycles. The van der Waals surface area contributed by atoms with Crippen molar-refractivity contribution in [3.8, 4) is 0 Å². The van der Waals surface area contributed by atoms with Crippen molar-refractivity contribution in [1.82, 2.24) is 0 Å².